The number of hydrogen-bond donors (Lipinski definition) is 0. The van der Waals surface area contributed by atoms with Crippen LogP contribution in [0.5, 0.6) is 0 Å². The Bertz CT molecular complexity index is 653. The second-order valence-electron chi connectivity index (χ2n) is 5.07. The molecular weight excluding hydrogens is 281 g/mol. The zero-order valence-corrected chi connectivity index (χ0v) is 12.2. The Kier molecular flexibility index (Phi) is 3.85. The molecule has 0 aromatic heterocycles. The predicted octanol–water partition coefficient (Wildman–Crippen LogP) is 1.88. The number of halogens is 1. The summed E-state index contributed by atoms with van der Waals surface area (Å²) >= 11 is 0. The third-order valence-electron chi connectivity index (χ3n) is 3.68. The van der Waals surface area contributed by atoms with Gasteiger partial charge in [-0.3, -0.25) is 0 Å². The molecule has 1 fully saturated rings. The highest BCUT2D eigenvalue weighted by Gasteiger charge is 2.71. The number of sulfone groups is 1. The van der Waals surface area contributed by atoms with Crippen LogP contribution in [0, 0.1) is 22.6 Å². The van der Waals surface area contributed by atoms with E-state index in [1.165, 1.54) is 18.2 Å². The normalized spacial score (nSPS) is 28.9. The van der Waals surface area contributed by atoms with Gasteiger partial charge < -0.3 is 4.74 Å². The van der Waals surface area contributed by atoms with Gasteiger partial charge in [-0.15, -0.1) is 0 Å². The Morgan fingerprint density at radius 3 is 2.70 bits per heavy atom. The Labute approximate surface area is 118 Å². The molecule has 108 valence electrons. The highest BCUT2D eigenvalue weighted by molar-refractivity contribution is 7.91. The van der Waals surface area contributed by atoms with E-state index in [4.69, 9.17) is 4.74 Å². The predicted molar refractivity (Wildman–Crippen MR) is 72.3 cm³/mol. The summed E-state index contributed by atoms with van der Waals surface area (Å²) in [5.74, 6) is -0.977. The van der Waals surface area contributed by atoms with Crippen molar-refractivity contribution in [3.8, 4) is 6.07 Å². The van der Waals surface area contributed by atoms with E-state index >= 15 is 0 Å². The summed E-state index contributed by atoms with van der Waals surface area (Å²) in [7, 11) is -3.41. The van der Waals surface area contributed by atoms with Gasteiger partial charge in [-0.25, -0.2) is 12.8 Å². The van der Waals surface area contributed by atoms with E-state index in [9.17, 15) is 18.1 Å². The average molecular weight is 297 g/mol. The molecule has 0 N–H and O–H groups in total. The van der Waals surface area contributed by atoms with Crippen LogP contribution in [-0.2, 0) is 14.6 Å². The zero-order chi connectivity index (χ0) is 15.0. The lowest BCUT2D eigenvalue weighted by molar-refractivity contribution is 0.117. The Hall–Kier alpha value is -1.45. The zero-order valence-electron chi connectivity index (χ0n) is 11.3. The molecule has 0 heterocycles. The van der Waals surface area contributed by atoms with Crippen molar-refractivity contribution >= 4 is 9.84 Å². The SMILES string of the molecule is CCOC[C@]1(C#N)[C@H](c2cccc(F)c2)[C@H]1S(C)(=O)=O. The van der Waals surface area contributed by atoms with E-state index in [2.05, 4.69) is 6.07 Å². The van der Waals surface area contributed by atoms with Crippen molar-refractivity contribution in [2.45, 2.75) is 18.1 Å². The van der Waals surface area contributed by atoms with Crippen LogP contribution in [0.3, 0.4) is 0 Å². The van der Waals surface area contributed by atoms with Crippen LogP contribution in [0.1, 0.15) is 18.4 Å². The summed E-state index contributed by atoms with van der Waals surface area (Å²) in [6.07, 6.45) is 1.11. The largest absolute Gasteiger partial charge is 0.380 e. The van der Waals surface area contributed by atoms with Gasteiger partial charge in [0.1, 0.15) is 11.2 Å². The first-order valence-electron chi connectivity index (χ1n) is 6.30. The Morgan fingerprint density at radius 2 is 2.20 bits per heavy atom. The summed E-state index contributed by atoms with van der Waals surface area (Å²) < 4.78 is 42.4. The first-order chi connectivity index (χ1) is 9.36. The molecule has 1 aliphatic carbocycles. The Balaban J connectivity index is 2.43. The minimum Gasteiger partial charge on any atom is -0.380 e. The van der Waals surface area contributed by atoms with E-state index < -0.39 is 32.2 Å². The van der Waals surface area contributed by atoms with Crippen LogP contribution < -0.4 is 0 Å². The Morgan fingerprint density at radius 1 is 1.50 bits per heavy atom. The van der Waals surface area contributed by atoms with E-state index in [1.807, 2.05) is 0 Å². The number of nitriles is 1. The van der Waals surface area contributed by atoms with E-state index in [-0.39, 0.29) is 6.61 Å². The summed E-state index contributed by atoms with van der Waals surface area (Å²) in [4.78, 5) is 0. The molecule has 0 bridgehead atoms. The molecule has 6 heteroatoms. The van der Waals surface area contributed by atoms with Gasteiger partial charge in [-0.1, -0.05) is 12.1 Å². The smallest absolute Gasteiger partial charge is 0.152 e. The van der Waals surface area contributed by atoms with Crippen LogP contribution in [0.15, 0.2) is 24.3 Å². The molecule has 0 unspecified atom stereocenters. The van der Waals surface area contributed by atoms with Gasteiger partial charge in [0.2, 0.25) is 0 Å². The van der Waals surface area contributed by atoms with E-state index in [0.29, 0.717) is 12.2 Å². The molecule has 0 aliphatic heterocycles. The molecule has 0 spiro atoms. The average Bonchev–Trinajstić information content (AvgIpc) is 3.06. The van der Waals surface area contributed by atoms with Crippen molar-refractivity contribution < 1.29 is 17.5 Å². The monoisotopic (exact) mass is 297 g/mol. The molecule has 20 heavy (non-hydrogen) atoms. The first kappa shape index (κ1) is 14.9. The molecule has 3 atom stereocenters. The van der Waals surface area contributed by atoms with Gasteiger partial charge in [-0.05, 0) is 24.6 Å². The second-order valence-corrected chi connectivity index (χ2v) is 7.24. The molecular formula is C14H16FNO3S. The molecule has 0 radical (unpaired) electrons. The minimum absolute atomic E-state index is 0.0406. The maximum atomic E-state index is 13.3. The van der Waals surface area contributed by atoms with Gasteiger partial charge in [0, 0.05) is 18.8 Å². The fourth-order valence-corrected chi connectivity index (χ4v) is 4.66. The molecule has 1 aliphatic rings. The summed E-state index contributed by atoms with van der Waals surface area (Å²) in [5.41, 5.74) is -0.584. The lowest BCUT2D eigenvalue weighted by Gasteiger charge is -2.08. The van der Waals surface area contributed by atoms with Crippen LogP contribution >= 0.6 is 0 Å². The first-order valence-corrected chi connectivity index (χ1v) is 8.25. The molecule has 0 saturated heterocycles. The molecule has 1 aromatic rings. The summed E-state index contributed by atoms with van der Waals surface area (Å²) in [5, 5.41) is 8.59. The van der Waals surface area contributed by atoms with Crippen molar-refractivity contribution in [1.82, 2.24) is 0 Å². The molecule has 4 nitrogen and oxygen atoms in total. The van der Waals surface area contributed by atoms with Gasteiger partial charge in [0.25, 0.3) is 0 Å². The van der Waals surface area contributed by atoms with Crippen molar-refractivity contribution in [3.05, 3.63) is 35.6 Å². The maximum Gasteiger partial charge on any atom is 0.152 e. The van der Waals surface area contributed by atoms with Crippen molar-refractivity contribution in [3.63, 3.8) is 0 Å². The lowest BCUT2D eigenvalue weighted by Crippen LogP contribution is -2.18. The number of ether oxygens (including phenoxy) is 1. The minimum atomic E-state index is -3.41. The fourth-order valence-electron chi connectivity index (χ4n) is 2.81. The maximum absolute atomic E-state index is 13.3. The number of benzene rings is 1. The number of nitrogens with zero attached hydrogens (tertiary/aromatic N) is 1. The highest BCUT2D eigenvalue weighted by atomic mass is 32.2. The van der Waals surface area contributed by atoms with Crippen molar-refractivity contribution in [2.75, 3.05) is 19.5 Å². The topological polar surface area (TPSA) is 67.2 Å². The van der Waals surface area contributed by atoms with Gasteiger partial charge >= 0.3 is 0 Å². The van der Waals surface area contributed by atoms with Gasteiger partial charge in [0.05, 0.1) is 17.9 Å². The van der Waals surface area contributed by atoms with Crippen molar-refractivity contribution in [2.24, 2.45) is 5.41 Å². The van der Waals surface area contributed by atoms with Gasteiger partial charge in [-0.2, -0.15) is 5.26 Å². The molecule has 1 saturated carbocycles. The van der Waals surface area contributed by atoms with Crippen LogP contribution in [0.25, 0.3) is 0 Å². The van der Waals surface area contributed by atoms with E-state index in [1.54, 1.807) is 13.0 Å². The third-order valence-corrected chi connectivity index (χ3v) is 5.29. The highest BCUT2D eigenvalue weighted by Crippen LogP contribution is 2.62. The molecule has 2 rings (SSSR count). The summed E-state index contributed by atoms with van der Waals surface area (Å²) in [6.45, 7) is 2.22. The third kappa shape index (κ3) is 2.43. The standard InChI is InChI=1S/C14H16FNO3S/c1-3-19-9-14(8-16)12(13(14)20(2,17)18)10-5-4-6-11(15)7-10/h4-7,12-13H,3,9H2,1-2H3/t12-,13-,14-/m1/s1. The van der Waals surface area contributed by atoms with Gasteiger partial charge in [0.15, 0.2) is 9.84 Å². The fraction of sp³-hybridized carbons (Fsp3) is 0.500. The quantitative estimate of drug-likeness (QED) is 0.832. The lowest BCUT2D eigenvalue weighted by atomic mass is 10.0. The van der Waals surface area contributed by atoms with Crippen LogP contribution in [0.2, 0.25) is 0 Å². The van der Waals surface area contributed by atoms with Crippen molar-refractivity contribution in [1.29, 1.82) is 5.26 Å². The number of hydrogen-bond acceptors (Lipinski definition) is 4. The summed E-state index contributed by atoms with van der Waals surface area (Å²) in [6, 6.07) is 7.83. The molecule has 1 aromatic carbocycles. The van der Waals surface area contributed by atoms with Crippen LogP contribution in [0.4, 0.5) is 4.39 Å². The van der Waals surface area contributed by atoms with E-state index in [0.717, 1.165) is 6.26 Å². The second kappa shape index (κ2) is 5.15. The number of rotatable bonds is 5. The van der Waals surface area contributed by atoms with Crippen LogP contribution in [-0.4, -0.2) is 33.1 Å². The molecule has 0 amide bonds.